The van der Waals surface area contributed by atoms with Gasteiger partial charge in [0.25, 0.3) is 0 Å². The molecule has 1 aliphatic rings. The Hall–Kier alpha value is -1.35. The number of aryl methyl sites for hydroxylation is 1. The Bertz CT molecular complexity index is 438. The van der Waals surface area contributed by atoms with Crippen molar-refractivity contribution >= 4 is 5.91 Å². The molecule has 0 radical (unpaired) electrons. The first-order chi connectivity index (χ1) is 9.65. The standard InChI is InChI=1S/C17H26N2O/c1-13-7-6-8-15(11-13)14(2)18-12-17(20)19-16-9-4-3-5-10-16/h6-8,11,14,16,18H,3-5,9-10,12H2,1-2H3,(H,19,20)/t14-/m1/s1. The first-order valence-corrected chi connectivity index (χ1v) is 7.74. The molecule has 110 valence electrons. The number of hydrogen-bond acceptors (Lipinski definition) is 2. The second-order valence-electron chi connectivity index (χ2n) is 5.92. The van der Waals surface area contributed by atoms with Crippen LogP contribution in [-0.2, 0) is 4.79 Å². The van der Waals surface area contributed by atoms with Crippen LogP contribution < -0.4 is 10.6 Å². The molecule has 2 rings (SSSR count). The molecule has 1 atom stereocenters. The second-order valence-corrected chi connectivity index (χ2v) is 5.92. The molecule has 0 heterocycles. The van der Waals surface area contributed by atoms with Gasteiger partial charge in [-0.05, 0) is 32.3 Å². The van der Waals surface area contributed by atoms with Crippen molar-refractivity contribution in [2.24, 2.45) is 0 Å². The Kier molecular flexibility index (Phi) is 5.60. The predicted octanol–water partition coefficient (Wildman–Crippen LogP) is 3.09. The number of carbonyl (C=O) groups is 1. The fourth-order valence-corrected chi connectivity index (χ4v) is 2.83. The lowest BCUT2D eigenvalue weighted by Crippen LogP contribution is -2.41. The summed E-state index contributed by atoms with van der Waals surface area (Å²) in [5.74, 6) is 0.122. The molecule has 0 aliphatic heterocycles. The topological polar surface area (TPSA) is 41.1 Å². The van der Waals surface area contributed by atoms with E-state index in [1.54, 1.807) is 0 Å². The highest BCUT2D eigenvalue weighted by Crippen LogP contribution is 2.17. The van der Waals surface area contributed by atoms with Crippen LogP contribution in [0.3, 0.4) is 0 Å². The molecule has 0 saturated heterocycles. The minimum atomic E-state index is 0.122. The van der Waals surface area contributed by atoms with Gasteiger partial charge in [0, 0.05) is 12.1 Å². The van der Waals surface area contributed by atoms with Crippen LogP contribution in [-0.4, -0.2) is 18.5 Å². The van der Waals surface area contributed by atoms with E-state index in [1.807, 2.05) is 0 Å². The van der Waals surface area contributed by atoms with Gasteiger partial charge in [0.2, 0.25) is 5.91 Å². The van der Waals surface area contributed by atoms with Gasteiger partial charge in [-0.15, -0.1) is 0 Å². The van der Waals surface area contributed by atoms with Crippen LogP contribution in [0.25, 0.3) is 0 Å². The molecule has 1 amide bonds. The van der Waals surface area contributed by atoms with Crippen LogP contribution >= 0.6 is 0 Å². The zero-order chi connectivity index (χ0) is 14.4. The molecule has 0 bridgehead atoms. The van der Waals surface area contributed by atoms with Gasteiger partial charge in [0.15, 0.2) is 0 Å². The monoisotopic (exact) mass is 274 g/mol. The van der Waals surface area contributed by atoms with Crippen molar-refractivity contribution in [3.05, 3.63) is 35.4 Å². The van der Waals surface area contributed by atoms with E-state index in [0.29, 0.717) is 12.6 Å². The molecule has 1 saturated carbocycles. The third-order valence-electron chi connectivity index (χ3n) is 4.08. The zero-order valence-corrected chi connectivity index (χ0v) is 12.6. The summed E-state index contributed by atoms with van der Waals surface area (Å²) in [5.41, 5.74) is 2.48. The average Bonchev–Trinajstić information content (AvgIpc) is 2.46. The molecule has 0 spiro atoms. The number of carbonyl (C=O) groups excluding carboxylic acids is 1. The number of nitrogens with one attached hydrogen (secondary N) is 2. The molecule has 20 heavy (non-hydrogen) atoms. The van der Waals surface area contributed by atoms with Crippen LogP contribution in [0.4, 0.5) is 0 Å². The molecule has 0 unspecified atom stereocenters. The molecule has 1 fully saturated rings. The van der Waals surface area contributed by atoms with E-state index in [-0.39, 0.29) is 11.9 Å². The van der Waals surface area contributed by atoms with Gasteiger partial charge in [-0.2, -0.15) is 0 Å². The molecular weight excluding hydrogens is 248 g/mol. The maximum Gasteiger partial charge on any atom is 0.234 e. The molecule has 3 nitrogen and oxygen atoms in total. The van der Waals surface area contributed by atoms with Gasteiger partial charge < -0.3 is 10.6 Å². The predicted molar refractivity (Wildman–Crippen MR) is 82.6 cm³/mol. The first kappa shape index (κ1) is 15.0. The Morgan fingerprint density at radius 3 is 2.75 bits per heavy atom. The molecule has 1 aliphatic carbocycles. The largest absolute Gasteiger partial charge is 0.352 e. The normalized spacial score (nSPS) is 17.7. The minimum Gasteiger partial charge on any atom is -0.352 e. The molecule has 2 N–H and O–H groups in total. The van der Waals surface area contributed by atoms with Crippen molar-refractivity contribution in [1.82, 2.24) is 10.6 Å². The Balaban J connectivity index is 1.75. The van der Waals surface area contributed by atoms with Gasteiger partial charge in [0.05, 0.1) is 6.54 Å². The average molecular weight is 274 g/mol. The summed E-state index contributed by atoms with van der Waals surface area (Å²) in [6.45, 7) is 4.58. The van der Waals surface area contributed by atoms with Crippen molar-refractivity contribution in [3.8, 4) is 0 Å². The van der Waals surface area contributed by atoms with E-state index in [1.165, 1.54) is 30.4 Å². The summed E-state index contributed by atoms with van der Waals surface area (Å²) in [6.07, 6.45) is 6.09. The second kappa shape index (κ2) is 7.44. The lowest BCUT2D eigenvalue weighted by Gasteiger charge is -2.23. The minimum absolute atomic E-state index is 0.122. The zero-order valence-electron chi connectivity index (χ0n) is 12.6. The maximum absolute atomic E-state index is 11.9. The summed E-state index contributed by atoms with van der Waals surface area (Å²) in [6, 6.07) is 9.01. The van der Waals surface area contributed by atoms with Crippen molar-refractivity contribution in [1.29, 1.82) is 0 Å². The van der Waals surface area contributed by atoms with E-state index in [9.17, 15) is 4.79 Å². The summed E-state index contributed by atoms with van der Waals surface area (Å²) >= 11 is 0. The van der Waals surface area contributed by atoms with Crippen LogP contribution in [0.2, 0.25) is 0 Å². The Labute approximate surface area is 122 Å². The van der Waals surface area contributed by atoms with E-state index in [4.69, 9.17) is 0 Å². The van der Waals surface area contributed by atoms with Crippen molar-refractivity contribution in [2.45, 2.75) is 58.0 Å². The van der Waals surface area contributed by atoms with Crippen molar-refractivity contribution in [3.63, 3.8) is 0 Å². The van der Waals surface area contributed by atoms with E-state index in [0.717, 1.165) is 12.8 Å². The Morgan fingerprint density at radius 1 is 1.30 bits per heavy atom. The summed E-state index contributed by atoms with van der Waals surface area (Å²) in [7, 11) is 0. The number of benzene rings is 1. The molecule has 1 aromatic carbocycles. The van der Waals surface area contributed by atoms with Gasteiger partial charge in [-0.3, -0.25) is 4.79 Å². The van der Waals surface area contributed by atoms with Crippen LogP contribution in [0, 0.1) is 6.92 Å². The van der Waals surface area contributed by atoms with Gasteiger partial charge in [-0.1, -0.05) is 49.1 Å². The van der Waals surface area contributed by atoms with E-state index < -0.39 is 0 Å². The Morgan fingerprint density at radius 2 is 2.05 bits per heavy atom. The van der Waals surface area contributed by atoms with Gasteiger partial charge >= 0.3 is 0 Å². The summed E-state index contributed by atoms with van der Waals surface area (Å²) < 4.78 is 0. The quantitative estimate of drug-likeness (QED) is 0.866. The third kappa shape index (κ3) is 4.64. The summed E-state index contributed by atoms with van der Waals surface area (Å²) in [4.78, 5) is 11.9. The van der Waals surface area contributed by atoms with Gasteiger partial charge in [0.1, 0.15) is 0 Å². The van der Waals surface area contributed by atoms with Crippen molar-refractivity contribution < 1.29 is 4.79 Å². The number of amides is 1. The van der Waals surface area contributed by atoms with E-state index in [2.05, 4.69) is 48.7 Å². The van der Waals surface area contributed by atoms with Crippen LogP contribution in [0.15, 0.2) is 24.3 Å². The SMILES string of the molecule is Cc1cccc([C@@H](C)NCC(=O)NC2CCCCC2)c1. The van der Waals surface area contributed by atoms with Crippen LogP contribution in [0.1, 0.15) is 56.2 Å². The lowest BCUT2D eigenvalue weighted by atomic mass is 9.95. The number of rotatable bonds is 5. The van der Waals surface area contributed by atoms with Crippen molar-refractivity contribution in [2.75, 3.05) is 6.54 Å². The summed E-state index contributed by atoms with van der Waals surface area (Å²) in [5, 5.41) is 6.44. The molecular formula is C17H26N2O. The molecule has 1 aromatic rings. The van der Waals surface area contributed by atoms with Gasteiger partial charge in [-0.25, -0.2) is 0 Å². The highest BCUT2D eigenvalue weighted by Gasteiger charge is 2.16. The third-order valence-corrected chi connectivity index (χ3v) is 4.08. The number of hydrogen-bond donors (Lipinski definition) is 2. The first-order valence-electron chi connectivity index (χ1n) is 7.74. The highest BCUT2D eigenvalue weighted by atomic mass is 16.1. The molecule has 0 aromatic heterocycles. The fraction of sp³-hybridized carbons (Fsp3) is 0.588. The highest BCUT2D eigenvalue weighted by molar-refractivity contribution is 5.78. The maximum atomic E-state index is 11.9. The smallest absolute Gasteiger partial charge is 0.234 e. The van der Waals surface area contributed by atoms with Crippen LogP contribution in [0.5, 0.6) is 0 Å². The van der Waals surface area contributed by atoms with E-state index >= 15 is 0 Å². The lowest BCUT2D eigenvalue weighted by molar-refractivity contribution is -0.121. The molecule has 3 heteroatoms. The fourth-order valence-electron chi connectivity index (χ4n) is 2.83.